The highest BCUT2D eigenvalue weighted by Gasteiger charge is 2.16. The third-order valence-electron chi connectivity index (χ3n) is 4.04. The Balaban J connectivity index is 1.92. The summed E-state index contributed by atoms with van der Waals surface area (Å²) in [4.78, 5) is 24.7. The Hall–Kier alpha value is -3.12. The zero-order valence-electron chi connectivity index (χ0n) is 13.1. The minimum Gasteiger partial charge on any atom is -0.421 e. The van der Waals surface area contributed by atoms with Crippen LogP contribution in [-0.4, -0.2) is 14.5 Å². The van der Waals surface area contributed by atoms with Gasteiger partial charge in [0.25, 0.3) is 0 Å². The van der Waals surface area contributed by atoms with Gasteiger partial charge in [0.05, 0.1) is 5.52 Å². The van der Waals surface area contributed by atoms with Crippen LogP contribution in [0.5, 0.6) is 0 Å². The van der Waals surface area contributed by atoms with Gasteiger partial charge in [-0.05, 0) is 11.6 Å². The number of rotatable bonds is 3. The van der Waals surface area contributed by atoms with Crippen LogP contribution >= 0.6 is 11.3 Å². The smallest absolute Gasteiger partial charge is 0.365 e. The van der Waals surface area contributed by atoms with Crippen molar-refractivity contribution >= 4 is 37.7 Å². The Morgan fingerprint density at radius 1 is 1.00 bits per heavy atom. The molecule has 2 heterocycles. The Labute approximate surface area is 146 Å². The minimum atomic E-state index is -0.737. The lowest BCUT2D eigenvalue weighted by Gasteiger charge is -2.07. The average molecular weight is 350 g/mol. The molecular weight excluding hydrogens is 336 g/mol. The zero-order valence-corrected chi connectivity index (χ0v) is 13.9. The van der Waals surface area contributed by atoms with Gasteiger partial charge in [0.2, 0.25) is 0 Å². The van der Waals surface area contributed by atoms with Crippen LogP contribution in [0.25, 0.3) is 26.4 Å². The number of hydrogen-bond acceptors (Lipinski definition) is 4. The van der Waals surface area contributed by atoms with Gasteiger partial charge in [0.15, 0.2) is 0 Å². The normalized spacial score (nSPS) is 11.7. The molecule has 0 aliphatic rings. The molecule has 0 saturated heterocycles. The van der Waals surface area contributed by atoms with Crippen molar-refractivity contribution in [2.24, 2.45) is 0 Å². The number of thiophene rings is 1. The topological polar surface area (TPSA) is 64.2 Å². The molecule has 0 aliphatic heterocycles. The van der Waals surface area contributed by atoms with Crippen LogP contribution in [-0.2, 0) is 6.54 Å². The first-order valence-corrected chi connectivity index (χ1v) is 8.56. The molecule has 0 unspecified atom stereocenters. The van der Waals surface area contributed by atoms with Crippen molar-refractivity contribution < 1.29 is 5.21 Å². The van der Waals surface area contributed by atoms with Crippen LogP contribution in [0.15, 0.2) is 70.3 Å². The van der Waals surface area contributed by atoms with E-state index < -0.39 is 11.2 Å². The Kier molecular flexibility index (Phi) is 3.74. The maximum Gasteiger partial charge on any atom is 0.365 e. The standard InChI is InChI=1S/C19H14N2O3S/c22-18-17-16(14-10-4-5-11-15(14)25-17)20(19(23)21(18)24)12-6-9-13-7-2-1-3-8-13/h1-11,24H,12H2. The molecule has 5 nitrogen and oxygen atoms in total. The molecule has 0 bridgehead atoms. The third-order valence-corrected chi connectivity index (χ3v) is 5.18. The maximum atomic E-state index is 12.4. The summed E-state index contributed by atoms with van der Waals surface area (Å²) >= 11 is 1.28. The molecule has 4 aromatic rings. The maximum absolute atomic E-state index is 12.4. The summed E-state index contributed by atoms with van der Waals surface area (Å²) in [7, 11) is 0. The fraction of sp³-hybridized carbons (Fsp3) is 0.0526. The molecule has 2 aromatic carbocycles. The molecule has 0 fully saturated rings. The second-order valence-electron chi connectivity index (χ2n) is 5.60. The number of benzene rings is 2. The van der Waals surface area contributed by atoms with Gasteiger partial charge < -0.3 is 5.21 Å². The molecule has 124 valence electrons. The Morgan fingerprint density at radius 3 is 2.52 bits per heavy atom. The minimum absolute atomic E-state index is 0.189. The van der Waals surface area contributed by atoms with E-state index in [-0.39, 0.29) is 11.3 Å². The Morgan fingerprint density at radius 2 is 1.72 bits per heavy atom. The van der Waals surface area contributed by atoms with Crippen molar-refractivity contribution in [3.63, 3.8) is 0 Å². The van der Waals surface area contributed by atoms with E-state index in [1.54, 1.807) is 0 Å². The van der Waals surface area contributed by atoms with Gasteiger partial charge in [-0.15, -0.1) is 11.3 Å². The summed E-state index contributed by atoms with van der Waals surface area (Å²) in [5, 5.41) is 10.7. The number of fused-ring (bicyclic) bond motifs is 3. The molecule has 0 aliphatic carbocycles. The van der Waals surface area contributed by atoms with Crippen LogP contribution in [0, 0.1) is 0 Å². The predicted octanol–water partition coefficient (Wildman–Crippen LogP) is 3.33. The molecule has 2 aromatic heterocycles. The van der Waals surface area contributed by atoms with Crippen LogP contribution in [0.1, 0.15) is 5.56 Å². The summed E-state index contributed by atoms with van der Waals surface area (Å²) in [5.41, 5.74) is 0.168. The first-order valence-electron chi connectivity index (χ1n) is 7.75. The second kappa shape index (κ2) is 6.07. The van der Waals surface area contributed by atoms with Crippen molar-refractivity contribution in [1.29, 1.82) is 0 Å². The zero-order chi connectivity index (χ0) is 17.4. The second-order valence-corrected chi connectivity index (χ2v) is 6.65. The molecule has 0 saturated carbocycles. The van der Waals surface area contributed by atoms with Gasteiger partial charge in [-0.1, -0.05) is 65.4 Å². The molecular formula is C19H14N2O3S. The van der Waals surface area contributed by atoms with Crippen LogP contribution < -0.4 is 11.2 Å². The molecule has 0 atom stereocenters. The quantitative estimate of drug-likeness (QED) is 0.577. The molecule has 6 heteroatoms. The van der Waals surface area contributed by atoms with E-state index in [0.717, 1.165) is 15.6 Å². The Bertz CT molecular complexity index is 1220. The van der Waals surface area contributed by atoms with E-state index in [4.69, 9.17) is 0 Å². The van der Waals surface area contributed by atoms with Gasteiger partial charge in [0.1, 0.15) is 4.70 Å². The van der Waals surface area contributed by atoms with E-state index >= 15 is 0 Å². The molecule has 0 amide bonds. The molecule has 0 spiro atoms. The predicted molar refractivity (Wildman–Crippen MR) is 101 cm³/mol. The summed E-state index contributed by atoms with van der Waals surface area (Å²) < 4.78 is 2.89. The van der Waals surface area contributed by atoms with Crippen LogP contribution in [0.4, 0.5) is 0 Å². The van der Waals surface area contributed by atoms with Gasteiger partial charge >= 0.3 is 11.2 Å². The fourth-order valence-electron chi connectivity index (χ4n) is 2.87. The first kappa shape index (κ1) is 15.4. The number of hydrogen-bond donors (Lipinski definition) is 1. The lowest BCUT2D eigenvalue weighted by atomic mass is 10.2. The van der Waals surface area contributed by atoms with E-state index in [1.165, 1.54) is 15.9 Å². The summed E-state index contributed by atoms with van der Waals surface area (Å²) in [5.74, 6) is 0. The van der Waals surface area contributed by atoms with Gasteiger partial charge in [0, 0.05) is 16.6 Å². The molecule has 25 heavy (non-hydrogen) atoms. The lowest BCUT2D eigenvalue weighted by molar-refractivity contribution is 0.158. The first-order chi connectivity index (χ1) is 12.2. The van der Waals surface area contributed by atoms with Crippen molar-refractivity contribution in [1.82, 2.24) is 9.30 Å². The number of aromatic nitrogens is 2. The van der Waals surface area contributed by atoms with Crippen molar-refractivity contribution in [3.8, 4) is 0 Å². The fourth-order valence-corrected chi connectivity index (χ4v) is 4.00. The number of allylic oxidation sites excluding steroid dienone is 1. The summed E-state index contributed by atoms with van der Waals surface area (Å²) in [6, 6.07) is 17.3. The average Bonchev–Trinajstić information content (AvgIpc) is 3.03. The third kappa shape index (κ3) is 2.56. The lowest BCUT2D eigenvalue weighted by Crippen LogP contribution is -2.38. The highest BCUT2D eigenvalue weighted by molar-refractivity contribution is 7.25. The van der Waals surface area contributed by atoms with Gasteiger partial charge in [-0.25, -0.2) is 4.79 Å². The highest BCUT2D eigenvalue weighted by atomic mass is 32.1. The van der Waals surface area contributed by atoms with E-state index in [9.17, 15) is 14.8 Å². The van der Waals surface area contributed by atoms with Crippen molar-refractivity contribution in [2.45, 2.75) is 6.54 Å². The van der Waals surface area contributed by atoms with E-state index in [2.05, 4.69) is 0 Å². The molecule has 4 rings (SSSR count). The van der Waals surface area contributed by atoms with E-state index in [1.807, 2.05) is 66.7 Å². The molecule has 1 N–H and O–H groups in total. The van der Waals surface area contributed by atoms with E-state index in [0.29, 0.717) is 10.2 Å². The van der Waals surface area contributed by atoms with Crippen molar-refractivity contribution in [2.75, 3.05) is 0 Å². The SMILES string of the molecule is O=c1c2sc3ccccc3c2n(CC=Cc2ccccc2)c(=O)n1O. The molecule has 0 radical (unpaired) electrons. The van der Waals surface area contributed by atoms with Crippen LogP contribution in [0.3, 0.4) is 0 Å². The largest absolute Gasteiger partial charge is 0.421 e. The number of nitrogens with zero attached hydrogens (tertiary/aromatic N) is 2. The van der Waals surface area contributed by atoms with Gasteiger partial charge in [-0.2, -0.15) is 0 Å². The summed E-state index contributed by atoms with van der Waals surface area (Å²) in [6.07, 6.45) is 3.74. The van der Waals surface area contributed by atoms with Crippen LogP contribution in [0.2, 0.25) is 0 Å². The summed E-state index contributed by atoms with van der Waals surface area (Å²) in [6.45, 7) is 0.256. The van der Waals surface area contributed by atoms with Crippen molar-refractivity contribution in [3.05, 3.63) is 87.1 Å². The monoisotopic (exact) mass is 350 g/mol. The van der Waals surface area contributed by atoms with Gasteiger partial charge in [-0.3, -0.25) is 9.36 Å². The highest BCUT2D eigenvalue weighted by Crippen LogP contribution is 2.30.